The lowest BCUT2D eigenvalue weighted by Gasteiger charge is -2.12. The lowest BCUT2D eigenvalue weighted by Crippen LogP contribution is -2.15. The molecule has 0 amide bonds. The Labute approximate surface area is 194 Å². The minimum Gasteiger partial charge on any atom is -0.496 e. The van der Waals surface area contributed by atoms with E-state index in [0.717, 1.165) is 5.56 Å². The number of sulfonamides is 1. The van der Waals surface area contributed by atoms with Gasteiger partial charge in [0.15, 0.2) is 11.4 Å². The monoisotopic (exact) mass is 486 g/mol. The predicted molar refractivity (Wildman–Crippen MR) is 122 cm³/mol. The standard InChI is InChI=1S/C22H22N4O7S/c1-4-13-5-6-16(31-2)19(9-13)34(29,30)25-21-20-17(32-3)7-14(8-18(20)33-24-21)11-26-12-15(10-23-26)22(27)28/h5-10,12H,4,11H2,1-3H3,(H,24,25)(H,27,28). The van der Waals surface area contributed by atoms with Gasteiger partial charge in [0.1, 0.15) is 21.8 Å². The molecule has 0 radical (unpaired) electrons. The number of carboxylic acids is 1. The number of rotatable bonds is 9. The Bertz CT molecular complexity index is 1470. The van der Waals surface area contributed by atoms with Crippen LogP contribution in [0.2, 0.25) is 0 Å². The SMILES string of the molecule is CCc1ccc(OC)c(S(=O)(=O)Nc2noc3cc(Cn4cc(C(=O)O)cn4)cc(OC)c23)c1. The number of carboxylic acid groups (broad SMARTS) is 1. The van der Waals surface area contributed by atoms with Crippen LogP contribution in [0, 0.1) is 0 Å². The van der Waals surface area contributed by atoms with Gasteiger partial charge in [-0.1, -0.05) is 18.1 Å². The maximum absolute atomic E-state index is 13.2. The molecule has 0 aliphatic heterocycles. The van der Waals surface area contributed by atoms with Crippen molar-refractivity contribution in [1.29, 1.82) is 0 Å². The summed E-state index contributed by atoms with van der Waals surface area (Å²) in [4.78, 5) is 11.1. The molecule has 0 aliphatic carbocycles. The minimum absolute atomic E-state index is 0.0194. The third-order valence-electron chi connectivity index (χ3n) is 5.20. The highest BCUT2D eigenvalue weighted by Crippen LogP contribution is 2.36. The molecule has 4 rings (SSSR count). The van der Waals surface area contributed by atoms with Crippen molar-refractivity contribution in [2.45, 2.75) is 24.8 Å². The van der Waals surface area contributed by atoms with E-state index < -0.39 is 16.0 Å². The Morgan fingerprint density at radius 1 is 1.15 bits per heavy atom. The number of nitrogens with one attached hydrogen (secondary N) is 1. The summed E-state index contributed by atoms with van der Waals surface area (Å²) < 4.78 is 46.4. The number of ether oxygens (including phenoxy) is 2. The van der Waals surface area contributed by atoms with Gasteiger partial charge in [-0.15, -0.1) is 0 Å². The third-order valence-corrected chi connectivity index (χ3v) is 6.56. The van der Waals surface area contributed by atoms with E-state index in [4.69, 9.17) is 19.1 Å². The number of aromatic carboxylic acids is 1. The van der Waals surface area contributed by atoms with E-state index in [0.29, 0.717) is 23.1 Å². The van der Waals surface area contributed by atoms with Gasteiger partial charge in [-0.2, -0.15) is 5.10 Å². The molecule has 2 N–H and O–H groups in total. The molecule has 0 atom stereocenters. The van der Waals surface area contributed by atoms with Gasteiger partial charge in [0.25, 0.3) is 10.0 Å². The van der Waals surface area contributed by atoms with Crippen LogP contribution in [0.5, 0.6) is 11.5 Å². The molecular formula is C22H22N4O7S. The fourth-order valence-electron chi connectivity index (χ4n) is 3.49. The van der Waals surface area contributed by atoms with Crippen LogP contribution in [0.4, 0.5) is 5.82 Å². The molecule has 0 aliphatic rings. The van der Waals surface area contributed by atoms with Crippen molar-refractivity contribution in [2.24, 2.45) is 0 Å². The fraction of sp³-hybridized carbons (Fsp3) is 0.227. The van der Waals surface area contributed by atoms with Crippen molar-refractivity contribution in [3.63, 3.8) is 0 Å². The largest absolute Gasteiger partial charge is 0.496 e. The van der Waals surface area contributed by atoms with E-state index in [1.807, 2.05) is 6.92 Å². The first kappa shape index (κ1) is 23.1. The van der Waals surface area contributed by atoms with E-state index in [-0.39, 0.29) is 34.2 Å². The number of aryl methyl sites for hydroxylation is 1. The number of hydrogen-bond acceptors (Lipinski definition) is 8. The van der Waals surface area contributed by atoms with Crippen LogP contribution in [0.15, 0.2) is 52.1 Å². The number of benzene rings is 2. The van der Waals surface area contributed by atoms with Crippen LogP contribution in [0.1, 0.15) is 28.4 Å². The van der Waals surface area contributed by atoms with Gasteiger partial charge in [0.05, 0.1) is 32.5 Å². The molecule has 11 nitrogen and oxygen atoms in total. The molecule has 0 fully saturated rings. The zero-order chi connectivity index (χ0) is 24.5. The van der Waals surface area contributed by atoms with Crippen molar-refractivity contribution in [2.75, 3.05) is 18.9 Å². The van der Waals surface area contributed by atoms with Crippen LogP contribution < -0.4 is 14.2 Å². The summed E-state index contributed by atoms with van der Waals surface area (Å²) in [6, 6.07) is 8.29. The van der Waals surface area contributed by atoms with Crippen LogP contribution in [0.25, 0.3) is 11.0 Å². The molecule has 0 bridgehead atoms. The van der Waals surface area contributed by atoms with Gasteiger partial charge in [-0.25, -0.2) is 13.2 Å². The molecule has 2 aromatic heterocycles. The van der Waals surface area contributed by atoms with Gasteiger partial charge < -0.3 is 19.1 Å². The Morgan fingerprint density at radius 2 is 1.91 bits per heavy atom. The predicted octanol–water partition coefficient (Wildman–Crippen LogP) is 3.15. The van der Waals surface area contributed by atoms with Gasteiger partial charge >= 0.3 is 5.97 Å². The number of nitrogens with zero attached hydrogens (tertiary/aromatic N) is 3. The van der Waals surface area contributed by atoms with E-state index in [2.05, 4.69) is 15.0 Å². The summed E-state index contributed by atoms with van der Waals surface area (Å²) in [5.41, 5.74) is 1.87. The number of anilines is 1. The minimum atomic E-state index is -4.06. The lowest BCUT2D eigenvalue weighted by atomic mass is 10.1. The lowest BCUT2D eigenvalue weighted by molar-refractivity contribution is 0.0696. The second-order valence-electron chi connectivity index (χ2n) is 7.38. The summed E-state index contributed by atoms with van der Waals surface area (Å²) in [7, 11) is -1.23. The van der Waals surface area contributed by atoms with Crippen LogP contribution in [-0.2, 0) is 23.0 Å². The highest BCUT2D eigenvalue weighted by molar-refractivity contribution is 7.92. The Morgan fingerprint density at radius 3 is 2.56 bits per heavy atom. The molecule has 0 saturated carbocycles. The fourth-order valence-corrected chi connectivity index (χ4v) is 4.72. The molecule has 34 heavy (non-hydrogen) atoms. The van der Waals surface area contributed by atoms with E-state index in [1.165, 1.54) is 31.3 Å². The van der Waals surface area contributed by atoms with Crippen molar-refractivity contribution in [3.8, 4) is 11.5 Å². The molecule has 0 unspecified atom stereocenters. The molecule has 2 aromatic carbocycles. The first-order valence-electron chi connectivity index (χ1n) is 10.2. The summed E-state index contributed by atoms with van der Waals surface area (Å²) in [5.74, 6) is -0.583. The van der Waals surface area contributed by atoms with Gasteiger partial charge in [-0.05, 0) is 41.8 Å². The molecule has 0 spiro atoms. The highest BCUT2D eigenvalue weighted by Gasteiger charge is 2.25. The molecule has 2 heterocycles. The number of methoxy groups -OCH3 is 2. The Hall–Kier alpha value is -4.06. The summed E-state index contributed by atoms with van der Waals surface area (Å²) in [6.07, 6.45) is 3.30. The third kappa shape index (κ3) is 4.39. The highest BCUT2D eigenvalue weighted by atomic mass is 32.2. The average Bonchev–Trinajstić information content (AvgIpc) is 3.45. The van der Waals surface area contributed by atoms with E-state index in [1.54, 1.807) is 30.3 Å². The topological polar surface area (TPSA) is 146 Å². The van der Waals surface area contributed by atoms with Gasteiger partial charge in [0, 0.05) is 6.20 Å². The molecule has 4 aromatic rings. The molecule has 12 heteroatoms. The zero-order valence-electron chi connectivity index (χ0n) is 18.6. The van der Waals surface area contributed by atoms with Gasteiger partial charge in [0.2, 0.25) is 0 Å². The number of hydrogen-bond donors (Lipinski definition) is 2. The van der Waals surface area contributed by atoms with Crippen LogP contribution in [-0.4, -0.2) is 48.7 Å². The average molecular weight is 487 g/mol. The second-order valence-corrected chi connectivity index (χ2v) is 9.03. The van der Waals surface area contributed by atoms with Crippen LogP contribution in [0.3, 0.4) is 0 Å². The number of carbonyl (C=O) groups is 1. The second kappa shape index (κ2) is 9.06. The normalized spacial score (nSPS) is 11.5. The number of fused-ring (bicyclic) bond motifs is 1. The Balaban J connectivity index is 1.70. The number of aromatic nitrogens is 3. The van der Waals surface area contributed by atoms with Crippen molar-refractivity contribution in [3.05, 3.63) is 59.4 Å². The van der Waals surface area contributed by atoms with Crippen LogP contribution >= 0.6 is 0 Å². The summed E-state index contributed by atoms with van der Waals surface area (Å²) >= 11 is 0. The van der Waals surface area contributed by atoms with E-state index in [9.17, 15) is 13.2 Å². The quantitative estimate of drug-likeness (QED) is 0.364. The first-order chi connectivity index (χ1) is 16.2. The first-order valence-corrected chi connectivity index (χ1v) is 11.7. The smallest absolute Gasteiger partial charge is 0.338 e. The Kier molecular flexibility index (Phi) is 6.16. The van der Waals surface area contributed by atoms with E-state index >= 15 is 0 Å². The molecule has 0 saturated heterocycles. The van der Waals surface area contributed by atoms with Gasteiger partial charge in [-0.3, -0.25) is 9.40 Å². The molecular weight excluding hydrogens is 464 g/mol. The maximum atomic E-state index is 13.2. The van der Waals surface area contributed by atoms with Crippen molar-refractivity contribution in [1.82, 2.24) is 14.9 Å². The molecule has 178 valence electrons. The summed E-state index contributed by atoms with van der Waals surface area (Å²) in [5, 5.41) is 17.3. The van der Waals surface area contributed by atoms with Crippen molar-refractivity contribution < 1.29 is 32.3 Å². The maximum Gasteiger partial charge on any atom is 0.338 e. The summed E-state index contributed by atoms with van der Waals surface area (Å²) in [6.45, 7) is 2.16. The zero-order valence-corrected chi connectivity index (χ0v) is 19.4. The van der Waals surface area contributed by atoms with Crippen molar-refractivity contribution >= 4 is 32.8 Å².